The number of anilines is 1. The number of amides is 1. The van der Waals surface area contributed by atoms with Gasteiger partial charge in [-0.05, 0) is 42.8 Å². The number of carbonyl (C=O) groups excluding carboxylic acids is 1. The van der Waals surface area contributed by atoms with Crippen LogP contribution in [0, 0.1) is 6.92 Å². The summed E-state index contributed by atoms with van der Waals surface area (Å²) in [7, 11) is 3.13. The fraction of sp³-hybridized carbons (Fsp3) is 0.211. The van der Waals surface area contributed by atoms with Crippen molar-refractivity contribution in [1.82, 2.24) is 10.2 Å². The predicted octanol–water partition coefficient (Wildman–Crippen LogP) is 3.79. The number of thioether (sulfide) groups is 1. The molecule has 1 amide bonds. The van der Waals surface area contributed by atoms with E-state index in [0.717, 1.165) is 11.3 Å². The van der Waals surface area contributed by atoms with Gasteiger partial charge in [-0.15, -0.1) is 10.2 Å². The Labute approximate surface area is 161 Å². The van der Waals surface area contributed by atoms with Crippen molar-refractivity contribution in [3.8, 4) is 23.0 Å². The van der Waals surface area contributed by atoms with E-state index >= 15 is 0 Å². The van der Waals surface area contributed by atoms with E-state index < -0.39 is 0 Å². The van der Waals surface area contributed by atoms with Crippen molar-refractivity contribution in [3.63, 3.8) is 0 Å². The van der Waals surface area contributed by atoms with Crippen LogP contribution in [-0.4, -0.2) is 36.1 Å². The SMILES string of the molecule is COc1ccc(-c2nnc(SCC(=O)Nc3cccc(C)c3)o2)cc1OC. The normalized spacial score (nSPS) is 10.5. The topological polar surface area (TPSA) is 86.5 Å². The number of aryl methyl sites for hydroxylation is 1. The Balaban J connectivity index is 1.62. The van der Waals surface area contributed by atoms with Crippen LogP contribution in [0.15, 0.2) is 52.1 Å². The molecule has 1 aromatic heterocycles. The monoisotopic (exact) mass is 385 g/mol. The van der Waals surface area contributed by atoms with Gasteiger partial charge < -0.3 is 19.2 Å². The molecule has 3 rings (SSSR count). The largest absolute Gasteiger partial charge is 0.493 e. The second kappa shape index (κ2) is 8.59. The number of carbonyl (C=O) groups is 1. The number of rotatable bonds is 7. The molecule has 0 saturated carbocycles. The van der Waals surface area contributed by atoms with Crippen LogP contribution in [0.2, 0.25) is 0 Å². The number of nitrogens with zero attached hydrogens (tertiary/aromatic N) is 2. The summed E-state index contributed by atoms with van der Waals surface area (Å²) in [6, 6.07) is 12.9. The van der Waals surface area contributed by atoms with Gasteiger partial charge in [-0.25, -0.2) is 0 Å². The second-order valence-electron chi connectivity index (χ2n) is 5.65. The first kappa shape index (κ1) is 18.8. The molecule has 1 N–H and O–H groups in total. The van der Waals surface area contributed by atoms with Crippen LogP contribution in [0.3, 0.4) is 0 Å². The van der Waals surface area contributed by atoms with E-state index in [1.54, 1.807) is 32.4 Å². The van der Waals surface area contributed by atoms with Gasteiger partial charge >= 0.3 is 0 Å². The summed E-state index contributed by atoms with van der Waals surface area (Å²) < 4.78 is 16.1. The Morgan fingerprint density at radius 2 is 1.93 bits per heavy atom. The molecule has 0 aliphatic rings. The highest BCUT2D eigenvalue weighted by molar-refractivity contribution is 7.99. The van der Waals surface area contributed by atoms with E-state index in [9.17, 15) is 4.79 Å². The molecular formula is C19H19N3O4S. The van der Waals surface area contributed by atoms with Crippen LogP contribution < -0.4 is 14.8 Å². The van der Waals surface area contributed by atoms with Gasteiger partial charge in [0, 0.05) is 11.3 Å². The zero-order valence-corrected chi connectivity index (χ0v) is 16.0. The van der Waals surface area contributed by atoms with E-state index in [1.807, 2.05) is 31.2 Å². The molecule has 8 heteroatoms. The summed E-state index contributed by atoms with van der Waals surface area (Å²) in [5, 5.41) is 11.2. The molecule has 0 fully saturated rings. The molecule has 0 unspecified atom stereocenters. The maximum absolute atomic E-state index is 12.1. The Hall–Kier alpha value is -3.00. The van der Waals surface area contributed by atoms with Crippen LogP contribution in [0.5, 0.6) is 11.5 Å². The molecule has 0 spiro atoms. The maximum Gasteiger partial charge on any atom is 0.277 e. The van der Waals surface area contributed by atoms with E-state index in [1.165, 1.54) is 11.8 Å². The molecule has 0 aliphatic heterocycles. The molecule has 2 aromatic carbocycles. The molecule has 0 bridgehead atoms. The lowest BCUT2D eigenvalue weighted by Crippen LogP contribution is -2.13. The first-order chi connectivity index (χ1) is 13.1. The number of methoxy groups -OCH3 is 2. The number of hydrogen-bond donors (Lipinski definition) is 1. The zero-order chi connectivity index (χ0) is 19.2. The quantitative estimate of drug-likeness (QED) is 0.619. The van der Waals surface area contributed by atoms with Crippen molar-refractivity contribution in [2.24, 2.45) is 0 Å². The van der Waals surface area contributed by atoms with Gasteiger partial charge in [0.05, 0.1) is 20.0 Å². The highest BCUT2D eigenvalue weighted by atomic mass is 32.2. The summed E-state index contributed by atoms with van der Waals surface area (Å²) >= 11 is 1.18. The summed E-state index contributed by atoms with van der Waals surface area (Å²) in [5.41, 5.74) is 2.55. The zero-order valence-electron chi connectivity index (χ0n) is 15.2. The summed E-state index contributed by atoms with van der Waals surface area (Å²) in [6.45, 7) is 1.97. The molecule has 1 heterocycles. The maximum atomic E-state index is 12.1. The first-order valence-electron chi connectivity index (χ1n) is 8.14. The molecule has 27 heavy (non-hydrogen) atoms. The number of nitrogens with one attached hydrogen (secondary N) is 1. The summed E-state index contributed by atoms with van der Waals surface area (Å²) in [6.07, 6.45) is 0. The van der Waals surface area contributed by atoms with Gasteiger partial charge in [-0.3, -0.25) is 4.79 Å². The average molecular weight is 385 g/mol. The van der Waals surface area contributed by atoms with Crippen molar-refractivity contribution in [2.45, 2.75) is 12.1 Å². The summed E-state index contributed by atoms with van der Waals surface area (Å²) in [4.78, 5) is 12.1. The third-order valence-corrected chi connectivity index (χ3v) is 4.48. The lowest BCUT2D eigenvalue weighted by molar-refractivity contribution is -0.113. The van der Waals surface area contributed by atoms with Gasteiger partial charge in [0.2, 0.25) is 11.8 Å². The predicted molar refractivity (Wildman–Crippen MR) is 103 cm³/mol. The van der Waals surface area contributed by atoms with E-state index in [2.05, 4.69) is 15.5 Å². The van der Waals surface area contributed by atoms with Crippen LogP contribution >= 0.6 is 11.8 Å². The van der Waals surface area contributed by atoms with E-state index in [0.29, 0.717) is 28.2 Å². The Morgan fingerprint density at radius 3 is 2.67 bits per heavy atom. The average Bonchev–Trinajstić information content (AvgIpc) is 3.15. The third-order valence-electron chi connectivity index (χ3n) is 3.67. The molecule has 0 radical (unpaired) electrons. The fourth-order valence-electron chi connectivity index (χ4n) is 2.40. The van der Waals surface area contributed by atoms with Crippen LogP contribution in [0.1, 0.15) is 5.56 Å². The van der Waals surface area contributed by atoms with Crippen molar-refractivity contribution < 1.29 is 18.7 Å². The van der Waals surface area contributed by atoms with Crippen LogP contribution in [0.4, 0.5) is 5.69 Å². The Morgan fingerprint density at radius 1 is 1.11 bits per heavy atom. The smallest absolute Gasteiger partial charge is 0.277 e. The lowest BCUT2D eigenvalue weighted by Gasteiger charge is -2.07. The number of aromatic nitrogens is 2. The van der Waals surface area contributed by atoms with E-state index in [-0.39, 0.29) is 11.7 Å². The van der Waals surface area contributed by atoms with Crippen molar-refractivity contribution >= 4 is 23.4 Å². The van der Waals surface area contributed by atoms with Crippen molar-refractivity contribution in [2.75, 3.05) is 25.3 Å². The number of ether oxygens (including phenoxy) is 2. The molecule has 140 valence electrons. The molecular weight excluding hydrogens is 366 g/mol. The minimum absolute atomic E-state index is 0.142. The lowest BCUT2D eigenvalue weighted by atomic mass is 10.2. The van der Waals surface area contributed by atoms with Crippen molar-refractivity contribution in [1.29, 1.82) is 0 Å². The van der Waals surface area contributed by atoms with Gasteiger partial charge in [-0.1, -0.05) is 23.9 Å². The van der Waals surface area contributed by atoms with E-state index in [4.69, 9.17) is 13.9 Å². The molecule has 7 nitrogen and oxygen atoms in total. The minimum atomic E-state index is -0.142. The van der Waals surface area contributed by atoms with Gasteiger partial charge in [0.15, 0.2) is 11.5 Å². The van der Waals surface area contributed by atoms with Gasteiger partial charge in [0.1, 0.15) is 0 Å². The molecule has 0 atom stereocenters. The second-order valence-corrected chi connectivity index (χ2v) is 6.58. The fourth-order valence-corrected chi connectivity index (χ4v) is 2.96. The molecule has 0 aliphatic carbocycles. The number of hydrogen-bond acceptors (Lipinski definition) is 7. The van der Waals surface area contributed by atoms with Gasteiger partial charge in [-0.2, -0.15) is 0 Å². The minimum Gasteiger partial charge on any atom is -0.493 e. The molecule has 0 saturated heterocycles. The standard InChI is InChI=1S/C19H19N3O4S/c1-12-5-4-6-14(9-12)20-17(23)11-27-19-22-21-18(26-19)13-7-8-15(24-2)16(10-13)25-3/h4-10H,11H2,1-3H3,(H,20,23). The van der Waals surface area contributed by atoms with Crippen molar-refractivity contribution in [3.05, 3.63) is 48.0 Å². The Bertz CT molecular complexity index is 942. The van der Waals surface area contributed by atoms with Crippen LogP contribution in [0.25, 0.3) is 11.5 Å². The highest BCUT2D eigenvalue weighted by Gasteiger charge is 2.14. The third kappa shape index (κ3) is 4.79. The van der Waals surface area contributed by atoms with Gasteiger partial charge in [0.25, 0.3) is 5.22 Å². The van der Waals surface area contributed by atoms with Crippen LogP contribution in [-0.2, 0) is 4.79 Å². The summed E-state index contributed by atoms with van der Waals surface area (Å²) in [5.74, 6) is 1.55. The Kier molecular flexibility index (Phi) is 5.97. The number of benzene rings is 2. The first-order valence-corrected chi connectivity index (χ1v) is 9.13. The molecule has 3 aromatic rings. The highest BCUT2D eigenvalue weighted by Crippen LogP contribution is 2.32.